The third-order valence-electron chi connectivity index (χ3n) is 3.26. The van der Waals surface area contributed by atoms with Crippen molar-refractivity contribution in [2.75, 3.05) is 11.9 Å². The number of anilines is 1. The number of benzene rings is 1. The Morgan fingerprint density at radius 2 is 2.19 bits per heavy atom. The maximum Gasteiger partial charge on any atom is 0.407 e. The number of oxime groups is 1. The molecule has 0 aliphatic heterocycles. The summed E-state index contributed by atoms with van der Waals surface area (Å²) in [5, 5.41) is 31.6. The van der Waals surface area contributed by atoms with Gasteiger partial charge in [-0.3, -0.25) is 0 Å². The molecule has 0 atom stereocenters. The molecule has 0 radical (unpaired) electrons. The van der Waals surface area contributed by atoms with E-state index in [1.54, 1.807) is 0 Å². The van der Waals surface area contributed by atoms with Crippen LogP contribution >= 0.6 is 11.6 Å². The number of amidine groups is 1. The lowest BCUT2D eigenvalue weighted by atomic mass is 10.2. The van der Waals surface area contributed by atoms with Gasteiger partial charge in [0.1, 0.15) is 11.5 Å². The summed E-state index contributed by atoms with van der Waals surface area (Å²) in [4.78, 5) is 12.5. The lowest BCUT2D eigenvalue weighted by Gasteiger charge is -2.20. The summed E-state index contributed by atoms with van der Waals surface area (Å²) in [7, 11) is 0. The van der Waals surface area contributed by atoms with Crippen molar-refractivity contribution in [1.29, 1.82) is 0 Å². The molecule has 0 bridgehead atoms. The normalized spacial score (nSPS) is 11.7. The number of carbonyl (C=O) groups is 1. The molecule has 140 valence electrons. The molecule has 1 aromatic heterocycles. The zero-order valence-electron chi connectivity index (χ0n) is 14.0. The number of rotatable bonds is 6. The summed E-state index contributed by atoms with van der Waals surface area (Å²) >= 11 is 5.71. The maximum absolute atomic E-state index is 13.2. The van der Waals surface area contributed by atoms with E-state index in [4.69, 9.17) is 11.6 Å². The number of carboxylic acid groups (broad SMARTS) is 1. The van der Waals surface area contributed by atoms with Crippen LogP contribution < -0.4 is 5.32 Å². The van der Waals surface area contributed by atoms with Crippen LogP contribution in [0, 0.1) is 11.7 Å². The highest BCUT2D eigenvalue weighted by Gasteiger charge is 2.23. The van der Waals surface area contributed by atoms with Crippen LogP contribution in [0.5, 0.6) is 0 Å². The van der Waals surface area contributed by atoms with Gasteiger partial charge in [0.05, 0.1) is 11.6 Å². The van der Waals surface area contributed by atoms with Gasteiger partial charge < -0.3 is 20.5 Å². The monoisotopic (exact) mass is 385 g/mol. The Hall–Kier alpha value is -2.88. The highest BCUT2D eigenvalue weighted by atomic mass is 35.5. The van der Waals surface area contributed by atoms with Gasteiger partial charge >= 0.3 is 6.09 Å². The zero-order valence-corrected chi connectivity index (χ0v) is 14.7. The lowest BCUT2D eigenvalue weighted by molar-refractivity contribution is 0.135. The molecule has 1 heterocycles. The minimum atomic E-state index is -1.13. The predicted octanol–water partition coefficient (Wildman–Crippen LogP) is 3.25. The summed E-state index contributed by atoms with van der Waals surface area (Å²) in [6.45, 7) is 3.90. The fourth-order valence-corrected chi connectivity index (χ4v) is 2.34. The topological polar surface area (TPSA) is 124 Å². The zero-order chi connectivity index (χ0) is 19.3. The van der Waals surface area contributed by atoms with Gasteiger partial charge in [-0.1, -0.05) is 35.8 Å². The molecule has 0 aliphatic carbocycles. The van der Waals surface area contributed by atoms with Crippen molar-refractivity contribution < 1.29 is 24.1 Å². The van der Waals surface area contributed by atoms with Crippen LogP contribution in [0.2, 0.25) is 5.02 Å². The standard InChI is InChI=1S/C15H17ClFN5O4/c1-8(2)6-22(15(23)24)7-12-13(21-26-20-12)14(19-25)18-9-3-4-11(17)10(16)5-9/h3-5,8,25H,6-7H2,1-2H3,(H,18,19)(H,23,24). The number of aromatic nitrogens is 2. The molecule has 26 heavy (non-hydrogen) atoms. The van der Waals surface area contributed by atoms with Crippen LogP contribution in [0.1, 0.15) is 25.2 Å². The molecule has 1 aromatic carbocycles. The Balaban J connectivity index is 2.23. The van der Waals surface area contributed by atoms with Gasteiger partial charge in [-0.05, 0) is 29.3 Å². The average molecular weight is 386 g/mol. The Morgan fingerprint density at radius 1 is 1.46 bits per heavy atom. The average Bonchev–Trinajstić information content (AvgIpc) is 3.02. The van der Waals surface area contributed by atoms with Gasteiger partial charge in [-0.15, -0.1) is 0 Å². The lowest BCUT2D eigenvalue weighted by Crippen LogP contribution is -2.33. The molecule has 11 heteroatoms. The number of hydrogen-bond acceptors (Lipinski definition) is 6. The summed E-state index contributed by atoms with van der Waals surface area (Å²) in [5.41, 5.74) is 0.500. The van der Waals surface area contributed by atoms with Crippen molar-refractivity contribution in [1.82, 2.24) is 15.2 Å². The van der Waals surface area contributed by atoms with E-state index >= 15 is 0 Å². The summed E-state index contributed by atoms with van der Waals surface area (Å²) in [6.07, 6.45) is -1.13. The van der Waals surface area contributed by atoms with Crippen LogP contribution in [-0.2, 0) is 6.54 Å². The molecule has 2 aromatic rings. The van der Waals surface area contributed by atoms with Crippen molar-refractivity contribution >= 4 is 29.2 Å². The van der Waals surface area contributed by atoms with Gasteiger partial charge in [0, 0.05) is 12.2 Å². The van der Waals surface area contributed by atoms with Gasteiger partial charge in [-0.2, -0.15) is 0 Å². The van der Waals surface area contributed by atoms with Crippen LogP contribution in [0.25, 0.3) is 0 Å². The van der Waals surface area contributed by atoms with E-state index < -0.39 is 11.9 Å². The van der Waals surface area contributed by atoms with E-state index in [0.29, 0.717) is 5.69 Å². The largest absolute Gasteiger partial charge is 0.465 e. The quantitative estimate of drug-likeness (QED) is 0.301. The van der Waals surface area contributed by atoms with Crippen LogP contribution in [0.15, 0.2) is 28.0 Å². The first-order valence-electron chi connectivity index (χ1n) is 7.55. The number of halogens is 2. The van der Waals surface area contributed by atoms with Crippen molar-refractivity contribution in [3.63, 3.8) is 0 Å². The van der Waals surface area contributed by atoms with Crippen molar-refractivity contribution in [3.05, 3.63) is 40.4 Å². The van der Waals surface area contributed by atoms with Gasteiger partial charge in [0.15, 0.2) is 5.69 Å². The molecule has 9 nitrogen and oxygen atoms in total. The van der Waals surface area contributed by atoms with Gasteiger partial charge in [0.25, 0.3) is 0 Å². The first-order chi connectivity index (χ1) is 12.3. The van der Waals surface area contributed by atoms with E-state index in [-0.39, 0.29) is 41.3 Å². The van der Waals surface area contributed by atoms with Crippen molar-refractivity contribution in [3.8, 4) is 0 Å². The molecule has 3 N–H and O–H groups in total. The Labute approximate surface area is 153 Å². The van der Waals surface area contributed by atoms with Gasteiger partial charge in [0.2, 0.25) is 5.84 Å². The van der Waals surface area contributed by atoms with E-state index in [9.17, 15) is 19.5 Å². The second-order valence-corrected chi connectivity index (χ2v) is 6.23. The molecule has 0 fully saturated rings. The third kappa shape index (κ3) is 4.82. The fourth-order valence-electron chi connectivity index (χ4n) is 2.16. The van der Waals surface area contributed by atoms with Crippen LogP contribution in [0.4, 0.5) is 14.9 Å². The van der Waals surface area contributed by atoms with Gasteiger partial charge in [-0.25, -0.2) is 13.8 Å². The molecule has 0 saturated carbocycles. The smallest absolute Gasteiger partial charge is 0.407 e. The molecule has 0 aliphatic rings. The number of nitrogens with one attached hydrogen (secondary N) is 1. The third-order valence-corrected chi connectivity index (χ3v) is 3.55. The Morgan fingerprint density at radius 3 is 2.77 bits per heavy atom. The first kappa shape index (κ1) is 19.4. The SMILES string of the molecule is CC(C)CN(Cc1nonc1C(=NO)Nc1ccc(F)c(Cl)c1)C(=O)O. The molecule has 2 rings (SSSR count). The second kappa shape index (κ2) is 8.48. The number of amides is 1. The Bertz CT molecular complexity index is 811. The molecule has 0 unspecified atom stereocenters. The first-order valence-corrected chi connectivity index (χ1v) is 7.93. The van der Waals surface area contributed by atoms with E-state index in [2.05, 4.69) is 25.4 Å². The maximum atomic E-state index is 13.2. The van der Waals surface area contributed by atoms with E-state index in [1.165, 1.54) is 12.1 Å². The van der Waals surface area contributed by atoms with Crippen LogP contribution in [0.3, 0.4) is 0 Å². The summed E-state index contributed by atoms with van der Waals surface area (Å²) < 4.78 is 17.9. The summed E-state index contributed by atoms with van der Waals surface area (Å²) in [6, 6.07) is 3.80. The molecular weight excluding hydrogens is 369 g/mol. The fraction of sp³-hybridized carbons (Fsp3) is 0.333. The minimum Gasteiger partial charge on any atom is -0.465 e. The second-order valence-electron chi connectivity index (χ2n) is 5.82. The van der Waals surface area contributed by atoms with Crippen LogP contribution in [-0.4, -0.2) is 44.0 Å². The number of nitrogens with zero attached hydrogens (tertiary/aromatic N) is 4. The van der Waals surface area contributed by atoms with E-state index in [1.807, 2.05) is 13.8 Å². The highest BCUT2D eigenvalue weighted by Crippen LogP contribution is 2.20. The Kier molecular flexibility index (Phi) is 6.34. The minimum absolute atomic E-state index is 0.0166. The molecule has 0 spiro atoms. The summed E-state index contributed by atoms with van der Waals surface area (Å²) in [5.74, 6) is -0.659. The number of hydrogen-bond donors (Lipinski definition) is 3. The molecule has 0 saturated heterocycles. The molecule has 1 amide bonds. The molecular formula is C15H17ClFN5O4. The predicted molar refractivity (Wildman–Crippen MR) is 90.9 cm³/mol. The van der Waals surface area contributed by atoms with Crippen molar-refractivity contribution in [2.45, 2.75) is 20.4 Å². The highest BCUT2D eigenvalue weighted by molar-refractivity contribution is 6.31. The van der Waals surface area contributed by atoms with E-state index in [0.717, 1.165) is 11.0 Å². The van der Waals surface area contributed by atoms with Crippen molar-refractivity contribution in [2.24, 2.45) is 11.1 Å².